The number of carboxylic acids is 1. The predicted octanol–water partition coefficient (Wildman–Crippen LogP) is 1.21. The fraction of sp³-hybridized carbons (Fsp3) is 0.273. The number of aliphatic hydroxyl groups is 1. The number of benzene rings is 1. The minimum Gasteiger partial charge on any atom is -0.480 e. The number of nitro benzene ring substituents is 1. The Morgan fingerprint density at radius 3 is 2.62 bits per heavy atom. The maximum Gasteiger partial charge on any atom is 0.326 e. The van der Waals surface area contributed by atoms with E-state index >= 15 is 0 Å². The van der Waals surface area contributed by atoms with E-state index in [1.54, 1.807) is 0 Å². The first-order valence-corrected chi connectivity index (χ1v) is 6.08. The molecule has 1 aromatic rings. The zero-order valence-electron chi connectivity index (χ0n) is 10.6. The zero-order valence-corrected chi connectivity index (χ0v) is 11.3. The molecule has 0 unspecified atom stereocenters. The lowest BCUT2D eigenvalue weighted by atomic mass is 10.2. The molecule has 4 N–H and O–H groups in total. The molecule has 0 aliphatic rings. The average Bonchev–Trinajstić information content (AvgIpc) is 2.40. The Hall–Kier alpha value is -2.39. The van der Waals surface area contributed by atoms with Crippen molar-refractivity contribution in [3.8, 4) is 0 Å². The van der Waals surface area contributed by atoms with Gasteiger partial charge in [0.1, 0.15) is 6.04 Å². The summed E-state index contributed by atoms with van der Waals surface area (Å²) >= 11 is 5.78. The first-order valence-electron chi connectivity index (χ1n) is 5.70. The quantitative estimate of drug-likeness (QED) is 0.459. The number of hydrogen-bond acceptors (Lipinski definition) is 5. The summed E-state index contributed by atoms with van der Waals surface area (Å²) in [6, 6.07) is 1.25. The van der Waals surface area contributed by atoms with Crippen molar-refractivity contribution in [3.05, 3.63) is 33.3 Å². The van der Waals surface area contributed by atoms with Crippen molar-refractivity contribution in [3.63, 3.8) is 0 Å². The summed E-state index contributed by atoms with van der Waals surface area (Å²) in [6.07, 6.45) is -0.175. The molecule has 0 saturated carbocycles. The SMILES string of the molecule is O=C(Nc1cc([N+](=O)[O-])ccc1Cl)N[C@H](CCO)C(=O)O. The Morgan fingerprint density at radius 2 is 2.10 bits per heavy atom. The molecule has 1 aromatic carbocycles. The van der Waals surface area contributed by atoms with E-state index in [-0.39, 0.29) is 22.8 Å². The van der Waals surface area contributed by atoms with Crippen molar-refractivity contribution in [2.24, 2.45) is 0 Å². The van der Waals surface area contributed by atoms with Gasteiger partial charge in [-0.2, -0.15) is 0 Å². The molecule has 0 heterocycles. The number of aliphatic carboxylic acids is 1. The summed E-state index contributed by atoms with van der Waals surface area (Å²) in [5.41, 5.74) is -0.309. The number of carbonyl (C=O) groups excluding carboxylic acids is 1. The van der Waals surface area contributed by atoms with E-state index in [2.05, 4.69) is 10.6 Å². The van der Waals surface area contributed by atoms with Crippen molar-refractivity contribution in [1.82, 2.24) is 5.32 Å². The molecular formula is C11H12ClN3O6. The van der Waals surface area contributed by atoms with Crippen LogP contribution in [0, 0.1) is 10.1 Å². The number of non-ortho nitro benzene ring substituents is 1. The number of nitrogens with zero attached hydrogens (tertiary/aromatic N) is 1. The molecule has 0 bridgehead atoms. The van der Waals surface area contributed by atoms with Crippen LogP contribution in [-0.2, 0) is 4.79 Å². The van der Waals surface area contributed by atoms with Gasteiger partial charge in [-0.15, -0.1) is 0 Å². The molecular weight excluding hydrogens is 306 g/mol. The van der Waals surface area contributed by atoms with Gasteiger partial charge in [-0.25, -0.2) is 9.59 Å². The highest BCUT2D eigenvalue weighted by atomic mass is 35.5. The van der Waals surface area contributed by atoms with Gasteiger partial charge in [-0.1, -0.05) is 11.6 Å². The first-order chi connectivity index (χ1) is 9.85. The molecule has 114 valence electrons. The Balaban J connectivity index is 2.80. The lowest BCUT2D eigenvalue weighted by molar-refractivity contribution is -0.384. The van der Waals surface area contributed by atoms with Crippen molar-refractivity contribution in [2.45, 2.75) is 12.5 Å². The topological polar surface area (TPSA) is 142 Å². The van der Waals surface area contributed by atoms with Crippen molar-refractivity contribution >= 4 is 35.0 Å². The normalized spacial score (nSPS) is 11.5. The summed E-state index contributed by atoms with van der Waals surface area (Å²) in [5.74, 6) is -1.32. The Morgan fingerprint density at radius 1 is 1.43 bits per heavy atom. The predicted molar refractivity (Wildman–Crippen MR) is 73.4 cm³/mol. The van der Waals surface area contributed by atoms with Crippen LogP contribution in [0.3, 0.4) is 0 Å². The largest absolute Gasteiger partial charge is 0.480 e. The van der Waals surface area contributed by atoms with Crippen LogP contribution in [0.25, 0.3) is 0 Å². The summed E-state index contributed by atoms with van der Waals surface area (Å²) < 4.78 is 0. The van der Waals surface area contributed by atoms with Crippen LogP contribution in [0.1, 0.15) is 6.42 Å². The Kier molecular flexibility index (Phi) is 5.88. The van der Waals surface area contributed by atoms with E-state index < -0.39 is 29.6 Å². The van der Waals surface area contributed by atoms with Crippen LogP contribution < -0.4 is 10.6 Å². The maximum atomic E-state index is 11.6. The average molecular weight is 318 g/mol. The second kappa shape index (κ2) is 7.41. The molecule has 2 amide bonds. The zero-order chi connectivity index (χ0) is 16.0. The number of halogens is 1. The van der Waals surface area contributed by atoms with E-state index in [1.807, 2.05) is 0 Å². The summed E-state index contributed by atoms with van der Waals surface area (Å²) in [5, 5.41) is 32.5. The van der Waals surface area contributed by atoms with Gasteiger partial charge < -0.3 is 20.8 Å². The van der Waals surface area contributed by atoms with Crippen molar-refractivity contribution in [2.75, 3.05) is 11.9 Å². The third kappa shape index (κ3) is 4.89. The fourth-order valence-electron chi connectivity index (χ4n) is 1.43. The number of carboxylic acid groups (broad SMARTS) is 1. The van der Waals surface area contributed by atoms with Crippen LogP contribution in [0.4, 0.5) is 16.2 Å². The molecule has 0 radical (unpaired) electrons. The van der Waals surface area contributed by atoms with Crippen LogP contribution >= 0.6 is 11.6 Å². The summed E-state index contributed by atoms with van der Waals surface area (Å²) in [7, 11) is 0. The second-order valence-electron chi connectivity index (χ2n) is 3.92. The molecule has 0 aromatic heterocycles. The van der Waals surface area contributed by atoms with E-state index in [0.29, 0.717) is 0 Å². The number of urea groups is 1. The lowest BCUT2D eigenvalue weighted by Gasteiger charge is -2.14. The summed E-state index contributed by atoms with van der Waals surface area (Å²) in [4.78, 5) is 32.4. The van der Waals surface area contributed by atoms with Crippen LogP contribution in [0.5, 0.6) is 0 Å². The van der Waals surface area contributed by atoms with Crippen LogP contribution in [0.15, 0.2) is 18.2 Å². The molecule has 0 aliphatic carbocycles. The highest BCUT2D eigenvalue weighted by molar-refractivity contribution is 6.33. The third-order valence-corrected chi connectivity index (χ3v) is 2.76. The van der Waals surface area contributed by atoms with E-state index in [9.17, 15) is 19.7 Å². The van der Waals surface area contributed by atoms with Crippen molar-refractivity contribution in [1.29, 1.82) is 0 Å². The van der Waals surface area contributed by atoms with E-state index in [0.717, 1.165) is 12.1 Å². The van der Waals surface area contributed by atoms with Gasteiger partial charge in [0.2, 0.25) is 0 Å². The third-order valence-electron chi connectivity index (χ3n) is 2.43. The Bertz CT molecular complexity index is 565. The van der Waals surface area contributed by atoms with Crippen LogP contribution in [0.2, 0.25) is 5.02 Å². The standard InChI is InChI=1S/C11H12ClN3O6/c12-7-2-1-6(15(20)21)5-9(7)14-11(19)13-8(3-4-16)10(17)18/h1-2,5,8,16H,3-4H2,(H,17,18)(H2,13,14,19)/t8-/m1/s1. The molecule has 0 fully saturated rings. The van der Waals surface area contributed by atoms with Gasteiger partial charge in [0, 0.05) is 25.2 Å². The van der Waals surface area contributed by atoms with E-state index in [4.69, 9.17) is 21.8 Å². The van der Waals surface area contributed by atoms with E-state index in [1.165, 1.54) is 6.07 Å². The highest BCUT2D eigenvalue weighted by Crippen LogP contribution is 2.26. The fourth-order valence-corrected chi connectivity index (χ4v) is 1.59. The lowest BCUT2D eigenvalue weighted by Crippen LogP contribution is -2.43. The minimum atomic E-state index is -1.32. The number of hydrogen-bond donors (Lipinski definition) is 4. The molecule has 1 atom stereocenters. The highest BCUT2D eigenvalue weighted by Gasteiger charge is 2.20. The smallest absolute Gasteiger partial charge is 0.326 e. The summed E-state index contributed by atoms with van der Waals surface area (Å²) in [6.45, 7) is -0.422. The van der Waals surface area contributed by atoms with Gasteiger partial charge in [0.25, 0.3) is 5.69 Å². The van der Waals surface area contributed by atoms with Gasteiger partial charge in [0.15, 0.2) is 0 Å². The maximum absolute atomic E-state index is 11.6. The molecule has 0 aliphatic heterocycles. The van der Waals surface area contributed by atoms with Gasteiger partial charge >= 0.3 is 12.0 Å². The molecule has 0 spiro atoms. The van der Waals surface area contributed by atoms with Gasteiger partial charge in [-0.3, -0.25) is 10.1 Å². The number of nitrogens with one attached hydrogen (secondary N) is 2. The first kappa shape index (κ1) is 16.7. The number of anilines is 1. The number of amides is 2. The van der Waals surface area contributed by atoms with Crippen molar-refractivity contribution < 1.29 is 24.7 Å². The monoisotopic (exact) mass is 317 g/mol. The Labute approximate surface area is 123 Å². The number of carbonyl (C=O) groups is 2. The molecule has 10 heteroatoms. The molecule has 9 nitrogen and oxygen atoms in total. The second-order valence-corrected chi connectivity index (χ2v) is 4.33. The molecule has 0 saturated heterocycles. The number of rotatable bonds is 6. The van der Waals surface area contributed by atoms with Gasteiger partial charge in [0.05, 0.1) is 15.6 Å². The van der Waals surface area contributed by atoms with Gasteiger partial charge in [-0.05, 0) is 6.07 Å². The number of nitro groups is 1. The molecule has 1 rings (SSSR count). The van der Waals surface area contributed by atoms with Crippen LogP contribution in [-0.4, -0.2) is 39.8 Å². The molecule has 21 heavy (non-hydrogen) atoms. The minimum absolute atomic E-state index is 0.0310. The number of aliphatic hydroxyl groups excluding tert-OH is 1.